The van der Waals surface area contributed by atoms with Gasteiger partial charge < -0.3 is 10.6 Å². The fourth-order valence-electron chi connectivity index (χ4n) is 2.66. The van der Waals surface area contributed by atoms with Crippen molar-refractivity contribution < 1.29 is 0 Å². The first-order valence-electron chi connectivity index (χ1n) is 6.62. The Balaban J connectivity index is 1.65. The molecular weight excluding hydrogens is 184 g/mol. The Morgan fingerprint density at radius 2 is 1.87 bits per heavy atom. The maximum atomic E-state index is 6.13. The maximum Gasteiger partial charge on any atom is 0.0155 e. The fraction of sp³-hybridized carbons (Fsp3) is 1.00. The zero-order chi connectivity index (χ0) is 10.9. The third kappa shape index (κ3) is 3.18. The van der Waals surface area contributed by atoms with E-state index in [-0.39, 0.29) is 5.54 Å². The topological polar surface area (TPSA) is 29.3 Å². The van der Waals surface area contributed by atoms with Gasteiger partial charge in [-0.2, -0.15) is 0 Å². The van der Waals surface area contributed by atoms with Gasteiger partial charge in [-0.05, 0) is 71.4 Å². The molecule has 2 rings (SSSR count). The highest BCUT2D eigenvalue weighted by Gasteiger charge is 2.38. The number of rotatable bonds is 4. The van der Waals surface area contributed by atoms with Crippen LogP contribution in [0.1, 0.15) is 52.4 Å². The molecule has 1 saturated carbocycles. The Morgan fingerprint density at radius 3 is 2.33 bits per heavy atom. The summed E-state index contributed by atoms with van der Waals surface area (Å²) in [6.45, 7) is 7.22. The van der Waals surface area contributed by atoms with Gasteiger partial charge in [0.1, 0.15) is 0 Å². The van der Waals surface area contributed by atoms with E-state index in [1.807, 2.05) is 0 Å². The van der Waals surface area contributed by atoms with Gasteiger partial charge in [0.05, 0.1) is 0 Å². The van der Waals surface area contributed by atoms with Gasteiger partial charge in [0.15, 0.2) is 0 Å². The van der Waals surface area contributed by atoms with Crippen LogP contribution in [0.4, 0.5) is 0 Å². The molecule has 0 spiro atoms. The van der Waals surface area contributed by atoms with Gasteiger partial charge in [0.2, 0.25) is 0 Å². The van der Waals surface area contributed by atoms with Crippen LogP contribution in [0, 0.1) is 5.92 Å². The molecule has 0 atom stereocenters. The summed E-state index contributed by atoms with van der Waals surface area (Å²) in [5.74, 6) is 0.959. The number of hydrogen-bond acceptors (Lipinski definition) is 2. The lowest BCUT2D eigenvalue weighted by atomic mass is 9.89. The summed E-state index contributed by atoms with van der Waals surface area (Å²) < 4.78 is 0. The average Bonchev–Trinajstić information content (AvgIpc) is 2.95. The molecule has 2 nitrogen and oxygen atoms in total. The highest BCUT2D eigenvalue weighted by atomic mass is 15.1. The van der Waals surface area contributed by atoms with E-state index in [2.05, 4.69) is 18.7 Å². The molecule has 1 aliphatic heterocycles. The van der Waals surface area contributed by atoms with Gasteiger partial charge in [-0.25, -0.2) is 0 Å². The van der Waals surface area contributed by atoms with Crippen LogP contribution in [0.5, 0.6) is 0 Å². The van der Waals surface area contributed by atoms with Crippen molar-refractivity contribution in [3.63, 3.8) is 0 Å². The van der Waals surface area contributed by atoms with Crippen molar-refractivity contribution in [1.82, 2.24) is 4.90 Å². The van der Waals surface area contributed by atoms with Gasteiger partial charge >= 0.3 is 0 Å². The molecule has 0 bridgehead atoms. The van der Waals surface area contributed by atoms with E-state index in [1.54, 1.807) is 0 Å². The molecule has 2 N–H and O–H groups in total. The van der Waals surface area contributed by atoms with Crippen LogP contribution in [0.2, 0.25) is 0 Å². The van der Waals surface area contributed by atoms with E-state index in [1.165, 1.54) is 51.6 Å². The summed E-state index contributed by atoms with van der Waals surface area (Å²) in [6, 6.07) is 0.732. The molecule has 0 unspecified atom stereocenters. The molecule has 0 aromatic heterocycles. The Bertz CT molecular complexity index is 201. The van der Waals surface area contributed by atoms with Crippen molar-refractivity contribution in [2.75, 3.05) is 13.1 Å². The SMILES string of the molecule is CC(C)N1CCC(CCC2(N)CC2)CC1. The van der Waals surface area contributed by atoms with Gasteiger partial charge in [-0.15, -0.1) is 0 Å². The quantitative estimate of drug-likeness (QED) is 0.772. The summed E-state index contributed by atoms with van der Waals surface area (Å²) in [4.78, 5) is 2.60. The number of nitrogens with two attached hydrogens (primary N) is 1. The largest absolute Gasteiger partial charge is 0.325 e. The smallest absolute Gasteiger partial charge is 0.0155 e. The summed E-state index contributed by atoms with van der Waals surface area (Å²) in [6.07, 6.45) is 8.00. The molecule has 1 saturated heterocycles. The van der Waals surface area contributed by atoms with E-state index in [4.69, 9.17) is 5.73 Å². The number of nitrogens with zero attached hydrogens (tertiary/aromatic N) is 1. The van der Waals surface area contributed by atoms with Gasteiger partial charge in [-0.3, -0.25) is 0 Å². The first kappa shape index (κ1) is 11.4. The zero-order valence-corrected chi connectivity index (χ0v) is 10.3. The Labute approximate surface area is 94.2 Å². The average molecular weight is 210 g/mol. The molecule has 15 heavy (non-hydrogen) atoms. The van der Waals surface area contributed by atoms with Crippen LogP contribution < -0.4 is 5.73 Å². The molecule has 2 aliphatic rings. The van der Waals surface area contributed by atoms with Crippen molar-refractivity contribution in [3.05, 3.63) is 0 Å². The van der Waals surface area contributed by atoms with Crippen LogP contribution in [0.25, 0.3) is 0 Å². The Kier molecular flexibility index (Phi) is 3.36. The van der Waals surface area contributed by atoms with E-state index in [0.29, 0.717) is 0 Å². The molecule has 0 aromatic carbocycles. The van der Waals surface area contributed by atoms with E-state index >= 15 is 0 Å². The van der Waals surface area contributed by atoms with Crippen molar-refractivity contribution in [2.24, 2.45) is 11.7 Å². The lowest BCUT2D eigenvalue weighted by Gasteiger charge is -2.35. The lowest BCUT2D eigenvalue weighted by molar-refractivity contribution is 0.143. The fourth-order valence-corrected chi connectivity index (χ4v) is 2.66. The summed E-state index contributed by atoms with van der Waals surface area (Å²) in [5.41, 5.74) is 6.40. The second-order valence-corrected chi connectivity index (χ2v) is 5.97. The molecule has 2 heteroatoms. The minimum absolute atomic E-state index is 0.273. The van der Waals surface area contributed by atoms with Crippen molar-refractivity contribution >= 4 is 0 Å². The van der Waals surface area contributed by atoms with Crippen LogP contribution >= 0.6 is 0 Å². The third-order valence-electron chi connectivity index (χ3n) is 4.32. The highest BCUT2D eigenvalue weighted by Crippen LogP contribution is 2.38. The predicted molar refractivity (Wildman–Crippen MR) is 64.8 cm³/mol. The second-order valence-electron chi connectivity index (χ2n) is 5.97. The summed E-state index contributed by atoms with van der Waals surface area (Å²) >= 11 is 0. The van der Waals surface area contributed by atoms with E-state index in [9.17, 15) is 0 Å². The number of piperidine rings is 1. The third-order valence-corrected chi connectivity index (χ3v) is 4.32. The minimum Gasteiger partial charge on any atom is -0.325 e. The first-order valence-corrected chi connectivity index (χ1v) is 6.62. The van der Waals surface area contributed by atoms with Gasteiger partial charge in [0, 0.05) is 11.6 Å². The number of likely N-dealkylation sites (tertiary alicyclic amines) is 1. The predicted octanol–water partition coefficient (Wildman–Crippen LogP) is 2.38. The molecule has 0 radical (unpaired) electrons. The molecule has 88 valence electrons. The maximum absolute atomic E-state index is 6.13. The molecule has 1 heterocycles. The normalized spacial score (nSPS) is 27.2. The zero-order valence-electron chi connectivity index (χ0n) is 10.3. The molecule has 0 amide bonds. The Hall–Kier alpha value is -0.0800. The van der Waals surface area contributed by atoms with Crippen molar-refractivity contribution in [3.8, 4) is 0 Å². The molecule has 2 fully saturated rings. The molecular formula is C13H26N2. The van der Waals surface area contributed by atoms with Crippen LogP contribution in [0.3, 0.4) is 0 Å². The minimum atomic E-state index is 0.273. The van der Waals surface area contributed by atoms with Crippen LogP contribution in [0.15, 0.2) is 0 Å². The van der Waals surface area contributed by atoms with Crippen LogP contribution in [-0.4, -0.2) is 29.6 Å². The van der Waals surface area contributed by atoms with Crippen LogP contribution in [-0.2, 0) is 0 Å². The standard InChI is InChI=1S/C13H26N2/c1-11(2)15-9-4-12(5-10-15)3-6-13(14)7-8-13/h11-12H,3-10,14H2,1-2H3. The van der Waals surface area contributed by atoms with E-state index < -0.39 is 0 Å². The second kappa shape index (κ2) is 4.42. The summed E-state index contributed by atoms with van der Waals surface area (Å²) in [5, 5.41) is 0. The number of hydrogen-bond donors (Lipinski definition) is 1. The van der Waals surface area contributed by atoms with Crippen molar-refractivity contribution in [1.29, 1.82) is 0 Å². The summed E-state index contributed by atoms with van der Waals surface area (Å²) in [7, 11) is 0. The molecule has 0 aromatic rings. The van der Waals surface area contributed by atoms with E-state index in [0.717, 1.165) is 12.0 Å². The Morgan fingerprint density at radius 1 is 1.27 bits per heavy atom. The monoisotopic (exact) mass is 210 g/mol. The molecule has 1 aliphatic carbocycles. The lowest BCUT2D eigenvalue weighted by Crippen LogP contribution is -2.38. The van der Waals surface area contributed by atoms with Crippen molar-refractivity contribution in [2.45, 2.75) is 64.0 Å². The first-order chi connectivity index (χ1) is 7.09. The van der Waals surface area contributed by atoms with Gasteiger partial charge in [-0.1, -0.05) is 0 Å². The van der Waals surface area contributed by atoms with Gasteiger partial charge in [0.25, 0.3) is 0 Å². The highest BCUT2D eigenvalue weighted by molar-refractivity contribution is 4.98.